The van der Waals surface area contributed by atoms with Gasteiger partial charge in [-0.05, 0) is 80.5 Å². The lowest BCUT2D eigenvalue weighted by molar-refractivity contribution is -0.139. The number of nitrogens with zero attached hydrogens (tertiary/aromatic N) is 2. The van der Waals surface area contributed by atoms with Gasteiger partial charge in [0.15, 0.2) is 0 Å². The molecule has 0 saturated heterocycles. The van der Waals surface area contributed by atoms with Crippen LogP contribution in [0.1, 0.15) is 56.7 Å². The fourth-order valence-electron chi connectivity index (χ4n) is 2.92. The summed E-state index contributed by atoms with van der Waals surface area (Å²) in [6.45, 7) is 5.61. The van der Waals surface area contributed by atoms with Crippen LogP contribution in [0, 0.1) is 11.3 Å². The van der Waals surface area contributed by atoms with Crippen LogP contribution in [0.25, 0.3) is 5.76 Å². The van der Waals surface area contributed by atoms with E-state index in [1.54, 1.807) is 13.8 Å². The summed E-state index contributed by atoms with van der Waals surface area (Å²) in [5.41, 5.74) is 3.28. The first kappa shape index (κ1) is 23.5. The molecule has 2 aliphatic rings. The maximum atomic E-state index is 13.1. The second-order valence-corrected chi connectivity index (χ2v) is 7.97. The Morgan fingerprint density at radius 2 is 1.72 bits per heavy atom. The van der Waals surface area contributed by atoms with Crippen LogP contribution >= 0.6 is 0 Å². The first-order chi connectivity index (χ1) is 15.1. The molecule has 2 aromatic carbocycles. The van der Waals surface area contributed by atoms with Crippen molar-refractivity contribution in [1.29, 1.82) is 5.41 Å². The molecule has 1 heterocycles. The third-order valence-electron chi connectivity index (χ3n) is 5.34. The Balaban J connectivity index is 0.000000219. The Morgan fingerprint density at radius 1 is 1.06 bits per heavy atom. The van der Waals surface area contributed by atoms with Gasteiger partial charge < -0.3 is 15.3 Å². The fraction of sp³-hybridized carbons (Fsp3) is 0.375. The molecule has 0 unspecified atom stereocenters. The molecule has 1 saturated carbocycles. The van der Waals surface area contributed by atoms with Crippen LogP contribution in [0.5, 0.6) is 5.75 Å². The minimum absolute atomic E-state index is 0.100. The fourth-order valence-corrected chi connectivity index (χ4v) is 2.92. The number of allylic oxidation sites excluding steroid dienone is 1. The number of hydrogen-bond donors (Lipinski definition) is 2. The van der Waals surface area contributed by atoms with E-state index in [4.69, 9.17) is 10.1 Å². The smallest absolute Gasteiger partial charge is 0.419 e. The van der Waals surface area contributed by atoms with Gasteiger partial charge in [0.05, 0.1) is 12.2 Å². The van der Waals surface area contributed by atoms with E-state index < -0.39 is 11.7 Å². The summed E-state index contributed by atoms with van der Waals surface area (Å²) in [7, 11) is 0. The maximum Gasteiger partial charge on any atom is 0.419 e. The molecule has 5 nitrogen and oxygen atoms in total. The van der Waals surface area contributed by atoms with Gasteiger partial charge in [0.2, 0.25) is 0 Å². The van der Waals surface area contributed by atoms with Crippen molar-refractivity contribution >= 4 is 22.8 Å². The van der Waals surface area contributed by atoms with Crippen molar-refractivity contribution in [3.8, 4) is 5.75 Å². The highest BCUT2D eigenvalue weighted by Gasteiger charge is 2.35. The van der Waals surface area contributed by atoms with Crippen LogP contribution in [-0.2, 0) is 6.18 Å². The van der Waals surface area contributed by atoms with Crippen LogP contribution in [0.15, 0.2) is 52.2 Å². The molecular weight excluding hydrogens is 419 g/mol. The van der Waals surface area contributed by atoms with Gasteiger partial charge in [0.1, 0.15) is 22.9 Å². The SMILES string of the molecule is CC(=N)c1ccc2c(c1)N=N2.CC/C(C)=C(\O)c1ccc(OCC2CC2)c(C(F)(F)F)c1. The number of azo groups is 1. The molecule has 0 aromatic heterocycles. The summed E-state index contributed by atoms with van der Waals surface area (Å²) >= 11 is 0. The summed E-state index contributed by atoms with van der Waals surface area (Å²) in [4.78, 5) is 0. The highest BCUT2D eigenvalue weighted by Crippen LogP contribution is 2.40. The van der Waals surface area contributed by atoms with E-state index >= 15 is 0 Å². The number of aliphatic hydroxyl groups excluding tert-OH is 1. The Bertz CT molecular complexity index is 1070. The van der Waals surface area contributed by atoms with Crippen molar-refractivity contribution in [2.24, 2.45) is 16.1 Å². The summed E-state index contributed by atoms with van der Waals surface area (Å²) in [6.07, 6.45) is -1.90. The third-order valence-corrected chi connectivity index (χ3v) is 5.34. The lowest BCUT2D eigenvalue weighted by Gasteiger charge is -2.15. The number of ether oxygens (including phenoxy) is 1. The average Bonchev–Trinajstić information content (AvgIpc) is 3.56. The number of halogens is 3. The van der Waals surface area contributed by atoms with E-state index in [1.807, 2.05) is 25.1 Å². The van der Waals surface area contributed by atoms with Crippen molar-refractivity contribution in [2.75, 3.05) is 6.61 Å². The van der Waals surface area contributed by atoms with Gasteiger partial charge in [0.25, 0.3) is 0 Å². The number of benzene rings is 2. The minimum atomic E-state index is -4.50. The monoisotopic (exact) mass is 445 g/mol. The summed E-state index contributed by atoms with van der Waals surface area (Å²) in [5, 5.41) is 24.9. The number of hydrogen-bond acceptors (Lipinski definition) is 5. The average molecular weight is 445 g/mol. The molecule has 0 spiro atoms. The number of alkyl halides is 3. The summed E-state index contributed by atoms with van der Waals surface area (Å²) < 4.78 is 44.7. The molecule has 4 rings (SSSR count). The zero-order valence-corrected chi connectivity index (χ0v) is 18.3. The Labute approximate surface area is 185 Å². The van der Waals surface area contributed by atoms with Crippen LogP contribution in [0.2, 0.25) is 0 Å². The number of rotatable bonds is 6. The van der Waals surface area contributed by atoms with Gasteiger partial charge in [-0.25, -0.2) is 0 Å². The number of fused-ring (bicyclic) bond motifs is 1. The first-order valence-corrected chi connectivity index (χ1v) is 10.4. The Morgan fingerprint density at radius 3 is 2.22 bits per heavy atom. The van der Waals surface area contributed by atoms with E-state index in [0.29, 0.717) is 30.2 Å². The van der Waals surface area contributed by atoms with Crippen molar-refractivity contribution in [1.82, 2.24) is 0 Å². The number of nitrogens with one attached hydrogen (secondary N) is 1. The lowest BCUT2D eigenvalue weighted by atomic mass is 10.0. The Kier molecular flexibility index (Phi) is 7.01. The molecule has 2 aromatic rings. The van der Waals surface area contributed by atoms with Gasteiger partial charge >= 0.3 is 6.18 Å². The van der Waals surface area contributed by atoms with E-state index in [9.17, 15) is 18.3 Å². The molecule has 0 atom stereocenters. The molecule has 2 N–H and O–H groups in total. The molecule has 0 radical (unpaired) electrons. The topological polar surface area (TPSA) is 78.0 Å². The zero-order chi connectivity index (χ0) is 23.5. The van der Waals surface area contributed by atoms with E-state index in [2.05, 4.69) is 10.2 Å². The minimum Gasteiger partial charge on any atom is -0.507 e. The molecule has 32 heavy (non-hydrogen) atoms. The largest absolute Gasteiger partial charge is 0.507 e. The molecule has 0 amide bonds. The van der Waals surface area contributed by atoms with E-state index in [-0.39, 0.29) is 17.1 Å². The lowest BCUT2D eigenvalue weighted by Crippen LogP contribution is -2.10. The third kappa shape index (κ3) is 5.75. The molecule has 1 fully saturated rings. The van der Waals surface area contributed by atoms with Gasteiger partial charge in [-0.2, -0.15) is 13.2 Å². The second kappa shape index (κ2) is 9.54. The van der Waals surface area contributed by atoms with Crippen LogP contribution < -0.4 is 4.74 Å². The highest BCUT2D eigenvalue weighted by molar-refractivity contribution is 5.97. The first-order valence-electron chi connectivity index (χ1n) is 10.4. The van der Waals surface area contributed by atoms with Gasteiger partial charge in [-0.15, -0.1) is 10.2 Å². The molecule has 170 valence electrons. The van der Waals surface area contributed by atoms with Gasteiger partial charge in [0, 0.05) is 11.3 Å². The standard InChI is InChI=1S/C16H19F3O2.C8H7N3/c1-3-10(2)15(20)12-6-7-14(21-9-11-4-5-11)13(8-12)16(17,18)19;1-5(9)6-2-3-7-8(4-6)11-10-7/h6-8,11,20H,3-5,9H2,1-2H3;2-4,9H,1H3/b15-10-;. The number of aliphatic hydroxyl groups is 1. The zero-order valence-electron chi connectivity index (χ0n) is 18.3. The van der Waals surface area contributed by atoms with Crippen LogP contribution in [-0.4, -0.2) is 17.4 Å². The predicted octanol–water partition coefficient (Wildman–Crippen LogP) is 8.00. The van der Waals surface area contributed by atoms with Crippen molar-refractivity contribution in [3.05, 3.63) is 58.7 Å². The molecule has 8 heteroatoms. The quantitative estimate of drug-likeness (QED) is 0.298. The maximum absolute atomic E-state index is 13.1. The summed E-state index contributed by atoms with van der Waals surface area (Å²) in [5.74, 6) is 0.109. The molecule has 0 bridgehead atoms. The molecule has 1 aliphatic heterocycles. The van der Waals surface area contributed by atoms with Crippen LogP contribution in [0.4, 0.5) is 24.5 Å². The van der Waals surface area contributed by atoms with Gasteiger partial charge in [-0.1, -0.05) is 13.0 Å². The van der Waals surface area contributed by atoms with E-state index in [1.165, 1.54) is 12.1 Å². The van der Waals surface area contributed by atoms with Crippen molar-refractivity contribution in [3.63, 3.8) is 0 Å². The van der Waals surface area contributed by atoms with Gasteiger partial charge in [-0.3, -0.25) is 0 Å². The summed E-state index contributed by atoms with van der Waals surface area (Å²) in [6, 6.07) is 9.36. The van der Waals surface area contributed by atoms with Crippen LogP contribution in [0.3, 0.4) is 0 Å². The second-order valence-electron chi connectivity index (χ2n) is 7.97. The Hall–Kier alpha value is -3.16. The molecule has 1 aliphatic carbocycles. The highest BCUT2D eigenvalue weighted by atomic mass is 19.4. The predicted molar refractivity (Wildman–Crippen MR) is 118 cm³/mol. The van der Waals surface area contributed by atoms with Crippen molar-refractivity contribution < 1.29 is 23.0 Å². The normalized spacial score (nSPS) is 15.1. The molecular formula is C24H26F3N3O2. The van der Waals surface area contributed by atoms with Crippen molar-refractivity contribution in [2.45, 2.75) is 46.2 Å². The van der Waals surface area contributed by atoms with E-state index in [0.717, 1.165) is 35.8 Å².